The molecule has 1 aromatic carbocycles. The van der Waals surface area contributed by atoms with Crippen LogP contribution in [-0.4, -0.2) is 23.6 Å². The Balaban J connectivity index is 1.77. The number of benzene rings is 1. The van der Waals surface area contributed by atoms with Gasteiger partial charge in [0.05, 0.1) is 6.42 Å². The predicted octanol–water partition coefficient (Wildman–Crippen LogP) is 6.09. The maximum absolute atomic E-state index is 13.8. The first-order valence-corrected chi connectivity index (χ1v) is 13.5. The molecule has 2 aromatic heterocycles. The van der Waals surface area contributed by atoms with Crippen molar-refractivity contribution in [2.75, 3.05) is 4.90 Å². The molecule has 4 rings (SSSR count). The topological polar surface area (TPSA) is 66.5 Å². The largest absolute Gasteiger partial charge is 0.351 e. The summed E-state index contributed by atoms with van der Waals surface area (Å²) in [6, 6.07) is 12.2. The zero-order valence-corrected chi connectivity index (χ0v) is 21.2. The second-order valence-electron chi connectivity index (χ2n) is 8.84. The monoisotopic (exact) mass is 494 g/mol. The molecule has 178 valence electrons. The number of nitrogens with one attached hydrogen (secondary N) is 1. The van der Waals surface area contributed by atoms with E-state index in [4.69, 9.17) is 0 Å². The molecule has 1 fully saturated rings. The first-order chi connectivity index (χ1) is 16.4. The third kappa shape index (κ3) is 5.65. The smallest absolute Gasteiger partial charge is 0.248 e. The van der Waals surface area contributed by atoms with Crippen molar-refractivity contribution < 1.29 is 14.4 Å². The van der Waals surface area contributed by atoms with E-state index in [9.17, 15) is 14.4 Å². The molecule has 1 aliphatic carbocycles. The van der Waals surface area contributed by atoms with Gasteiger partial charge in [-0.1, -0.05) is 37.5 Å². The van der Waals surface area contributed by atoms with E-state index < -0.39 is 6.04 Å². The van der Waals surface area contributed by atoms with Crippen LogP contribution in [0, 0.1) is 6.92 Å². The number of carbonyl (C=O) groups is 3. The standard InChI is InChI=1S/C27H30N2O3S2/c1-18-13-15-34-26(18)25(27(32)28-21-9-4-3-5-10-21)29(24(31)17-23-12-7-14-33-23)22-11-6-8-20(16-22)19(2)30/h6-8,11-16,21,25H,3-5,9-10,17H2,1-2H3,(H,28,32)/t25-/m0/s1. The number of anilines is 1. The Hall–Kier alpha value is -2.77. The zero-order valence-electron chi connectivity index (χ0n) is 19.6. The normalized spacial score (nSPS) is 15.0. The summed E-state index contributed by atoms with van der Waals surface area (Å²) >= 11 is 3.01. The van der Waals surface area contributed by atoms with Crippen molar-refractivity contribution >= 4 is 46.0 Å². The number of hydrogen-bond donors (Lipinski definition) is 1. The molecule has 0 radical (unpaired) electrons. The van der Waals surface area contributed by atoms with Gasteiger partial charge in [0.2, 0.25) is 11.8 Å². The number of hydrogen-bond acceptors (Lipinski definition) is 5. The van der Waals surface area contributed by atoms with Gasteiger partial charge in [-0.05, 0) is 67.3 Å². The van der Waals surface area contributed by atoms with Crippen LogP contribution in [0.25, 0.3) is 0 Å². The van der Waals surface area contributed by atoms with Crippen molar-refractivity contribution in [3.8, 4) is 0 Å². The highest BCUT2D eigenvalue weighted by molar-refractivity contribution is 7.10. The number of amides is 2. The minimum absolute atomic E-state index is 0.0805. The number of nitrogens with zero attached hydrogens (tertiary/aromatic N) is 1. The van der Waals surface area contributed by atoms with E-state index in [1.165, 1.54) is 36.0 Å². The fourth-order valence-corrected chi connectivity index (χ4v) is 6.21. The Bertz CT molecular complexity index is 1150. The Kier molecular flexibility index (Phi) is 7.95. The molecule has 34 heavy (non-hydrogen) atoms. The van der Waals surface area contributed by atoms with E-state index in [0.29, 0.717) is 11.3 Å². The van der Waals surface area contributed by atoms with Crippen molar-refractivity contribution in [3.05, 3.63) is 74.1 Å². The van der Waals surface area contributed by atoms with Crippen LogP contribution >= 0.6 is 22.7 Å². The molecule has 1 aliphatic rings. The lowest BCUT2D eigenvalue weighted by molar-refractivity contribution is -0.127. The summed E-state index contributed by atoms with van der Waals surface area (Å²) in [5.74, 6) is -0.409. The van der Waals surface area contributed by atoms with E-state index in [0.717, 1.165) is 41.0 Å². The van der Waals surface area contributed by atoms with Crippen molar-refractivity contribution in [1.82, 2.24) is 5.32 Å². The van der Waals surface area contributed by atoms with Gasteiger partial charge in [0.15, 0.2) is 5.78 Å². The molecule has 2 amide bonds. The van der Waals surface area contributed by atoms with Crippen LogP contribution in [0.1, 0.15) is 70.7 Å². The van der Waals surface area contributed by atoms with Crippen molar-refractivity contribution in [2.45, 2.75) is 64.5 Å². The Morgan fingerprint density at radius 2 is 1.82 bits per heavy atom. The number of Topliss-reactive ketones (excluding diaryl/α,β-unsaturated/α-hetero) is 1. The van der Waals surface area contributed by atoms with Gasteiger partial charge in [-0.2, -0.15) is 0 Å². The lowest BCUT2D eigenvalue weighted by Crippen LogP contribution is -2.47. The van der Waals surface area contributed by atoms with Gasteiger partial charge >= 0.3 is 0 Å². The van der Waals surface area contributed by atoms with Crippen LogP contribution in [0.5, 0.6) is 0 Å². The van der Waals surface area contributed by atoms with Crippen LogP contribution in [-0.2, 0) is 16.0 Å². The van der Waals surface area contributed by atoms with Crippen LogP contribution in [0.2, 0.25) is 0 Å². The fraction of sp³-hybridized carbons (Fsp3) is 0.370. The fourth-order valence-electron chi connectivity index (χ4n) is 4.50. The van der Waals surface area contributed by atoms with Crippen molar-refractivity contribution in [3.63, 3.8) is 0 Å². The second kappa shape index (κ2) is 11.1. The number of ketones is 1. The summed E-state index contributed by atoms with van der Waals surface area (Å²) in [6.45, 7) is 3.48. The van der Waals surface area contributed by atoms with E-state index in [1.807, 2.05) is 41.9 Å². The number of aryl methyl sites for hydroxylation is 1. The third-order valence-electron chi connectivity index (χ3n) is 6.31. The molecular formula is C27H30N2O3S2. The van der Waals surface area contributed by atoms with Gasteiger partial charge in [-0.25, -0.2) is 0 Å². The van der Waals surface area contributed by atoms with Gasteiger partial charge in [0, 0.05) is 27.0 Å². The van der Waals surface area contributed by atoms with Gasteiger partial charge in [-0.15, -0.1) is 22.7 Å². The lowest BCUT2D eigenvalue weighted by Gasteiger charge is -2.33. The predicted molar refractivity (Wildman–Crippen MR) is 139 cm³/mol. The van der Waals surface area contributed by atoms with E-state index in [2.05, 4.69) is 5.32 Å². The molecule has 0 spiro atoms. The summed E-state index contributed by atoms with van der Waals surface area (Å²) in [4.78, 5) is 43.2. The first kappa shape index (κ1) is 24.4. The molecule has 7 heteroatoms. The van der Waals surface area contributed by atoms with Crippen LogP contribution in [0.4, 0.5) is 5.69 Å². The molecule has 0 bridgehead atoms. The maximum atomic E-state index is 13.8. The summed E-state index contributed by atoms with van der Waals surface area (Å²) in [7, 11) is 0. The Morgan fingerprint density at radius 1 is 1.03 bits per heavy atom. The first-order valence-electron chi connectivity index (χ1n) is 11.7. The highest BCUT2D eigenvalue weighted by Gasteiger charge is 2.36. The molecule has 1 saturated carbocycles. The quantitative estimate of drug-likeness (QED) is 0.386. The van der Waals surface area contributed by atoms with E-state index in [1.54, 1.807) is 23.1 Å². The SMILES string of the molecule is CC(=O)c1cccc(N(C(=O)Cc2cccs2)[C@H](C(=O)NC2CCCCC2)c2sccc2C)c1. The minimum Gasteiger partial charge on any atom is -0.351 e. The summed E-state index contributed by atoms with van der Waals surface area (Å²) < 4.78 is 0. The third-order valence-corrected chi connectivity index (χ3v) is 8.26. The highest BCUT2D eigenvalue weighted by Crippen LogP contribution is 2.35. The molecule has 0 saturated heterocycles. The highest BCUT2D eigenvalue weighted by atomic mass is 32.1. The van der Waals surface area contributed by atoms with Crippen LogP contribution in [0.3, 0.4) is 0 Å². The maximum Gasteiger partial charge on any atom is 0.248 e. The van der Waals surface area contributed by atoms with E-state index in [-0.39, 0.29) is 30.1 Å². The molecule has 2 heterocycles. The zero-order chi connectivity index (χ0) is 24.1. The molecule has 0 aliphatic heterocycles. The van der Waals surface area contributed by atoms with E-state index >= 15 is 0 Å². The summed E-state index contributed by atoms with van der Waals surface area (Å²) in [5, 5.41) is 7.15. The summed E-state index contributed by atoms with van der Waals surface area (Å²) in [6.07, 6.45) is 5.53. The molecule has 1 N–H and O–H groups in total. The second-order valence-corrected chi connectivity index (χ2v) is 10.8. The average Bonchev–Trinajstić information content (AvgIpc) is 3.49. The van der Waals surface area contributed by atoms with Gasteiger partial charge < -0.3 is 5.32 Å². The van der Waals surface area contributed by atoms with Crippen LogP contribution in [0.15, 0.2) is 53.2 Å². The number of carbonyl (C=O) groups excluding carboxylic acids is 3. The van der Waals surface area contributed by atoms with Crippen molar-refractivity contribution in [2.24, 2.45) is 0 Å². The Labute approximate surface area is 208 Å². The lowest BCUT2D eigenvalue weighted by atomic mass is 9.95. The van der Waals surface area contributed by atoms with Gasteiger partial charge in [0.25, 0.3) is 0 Å². The Morgan fingerprint density at radius 3 is 2.47 bits per heavy atom. The number of thiophene rings is 2. The van der Waals surface area contributed by atoms with Gasteiger partial charge in [0.1, 0.15) is 6.04 Å². The molecule has 0 unspecified atom stereocenters. The molecule has 3 aromatic rings. The minimum atomic E-state index is -0.795. The number of rotatable bonds is 8. The van der Waals surface area contributed by atoms with Crippen LogP contribution < -0.4 is 10.2 Å². The molecule has 1 atom stereocenters. The molecule has 5 nitrogen and oxygen atoms in total. The average molecular weight is 495 g/mol. The van der Waals surface area contributed by atoms with Gasteiger partial charge in [-0.3, -0.25) is 19.3 Å². The molecular weight excluding hydrogens is 464 g/mol. The van der Waals surface area contributed by atoms with Crippen molar-refractivity contribution in [1.29, 1.82) is 0 Å². The summed E-state index contributed by atoms with van der Waals surface area (Å²) in [5.41, 5.74) is 2.05.